The van der Waals surface area contributed by atoms with Gasteiger partial charge in [0.2, 0.25) is 5.91 Å². The number of carbonyl (C=O) groups excluding carboxylic acids is 2. The molecule has 0 rings (SSSR count). The Labute approximate surface area is 341 Å². The minimum Gasteiger partial charge on any atom is -0.462 e. The van der Waals surface area contributed by atoms with Crippen molar-refractivity contribution in [2.75, 3.05) is 6.61 Å². The summed E-state index contributed by atoms with van der Waals surface area (Å²) in [6, 6.07) is -0.698. The number of hydrogen-bond donors (Lipinski definition) is 3. The van der Waals surface area contributed by atoms with E-state index < -0.39 is 18.2 Å². The Hall–Kier alpha value is -1.92. The molecule has 0 fully saturated rings. The summed E-state index contributed by atoms with van der Waals surface area (Å²) in [6.07, 6.45) is 49.1. The van der Waals surface area contributed by atoms with Crippen LogP contribution in [0.15, 0.2) is 36.5 Å². The minimum atomic E-state index is -0.784. The molecule has 0 aliphatic heterocycles. The fourth-order valence-electron chi connectivity index (χ4n) is 7.19. The van der Waals surface area contributed by atoms with E-state index in [2.05, 4.69) is 62.5 Å². The highest BCUT2D eigenvalue weighted by molar-refractivity contribution is 5.77. The number of nitrogens with one attached hydrogen (secondary N) is 1. The van der Waals surface area contributed by atoms with E-state index >= 15 is 0 Å². The Morgan fingerprint density at radius 1 is 0.545 bits per heavy atom. The summed E-state index contributed by atoms with van der Waals surface area (Å²) in [7, 11) is 0. The highest BCUT2D eigenvalue weighted by atomic mass is 16.5. The molecule has 55 heavy (non-hydrogen) atoms. The SMILES string of the molecule is CC/C=C/C=C/C=C/CCCCCCCCCC(=O)OC(CCCCCCCCCCCCC)CC(=O)NC(CO)C(O)CCCCCCCCCCCC. The van der Waals surface area contributed by atoms with Crippen molar-refractivity contribution >= 4 is 11.9 Å². The molecule has 6 heteroatoms. The van der Waals surface area contributed by atoms with Crippen LogP contribution in [-0.4, -0.2) is 46.9 Å². The van der Waals surface area contributed by atoms with Crippen LogP contribution in [0.3, 0.4) is 0 Å². The van der Waals surface area contributed by atoms with Gasteiger partial charge in [0.1, 0.15) is 6.10 Å². The molecule has 0 aliphatic rings. The number of unbranched alkanes of at least 4 members (excludes halogenated alkanes) is 26. The molecule has 0 bridgehead atoms. The van der Waals surface area contributed by atoms with Crippen molar-refractivity contribution in [3.8, 4) is 0 Å². The van der Waals surface area contributed by atoms with Gasteiger partial charge in [0.25, 0.3) is 0 Å². The van der Waals surface area contributed by atoms with Gasteiger partial charge in [0, 0.05) is 6.42 Å². The zero-order chi connectivity index (χ0) is 40.3. The zero-order valence-corrected chi connectivity index (χ0v) is 36.6. The van der Waals surface area contributed by atoms with Crippen molar-refractivity contribution in [2.45, 2.75) is 257 Å². The van der Waals surface area contributed by atoms with Crippen LogP contribution in [0, 0.1) is 0 Å². The number of carbonyl (C=O) groups is 2. The fraction of sp³-hybridized carbons (Fsp3) is 0.837. The molecule has 0 aliphatic carbocycles. The minimum absolute atomic E-state index is 0.0758. The van der Waals surface area contributed by atoms with Gasteiger partial charge >= 0.3 is 5.97 Å². The van der Waals surface area contributed by atoms with E-state index in [1.54, 1.807) is 0 Å². The average molecular weight is 774 g/mol. The van der Waals surface area contributed by atoms with Crippen LogP contribution in [0.2, 0.25) is 0 Å². The van der Waals surface area contributed by atoms with Gasteiger partial charge in [-0.25, -0.2) is 0 Å². The van der Waals surface area contributed by atoms with Crippen molar-refractivity contribution < 1.29 is 24.5 Å². The molecule has 0 saturated heterocycles. The summed E-state index contributed by atoms with van der Waals surface area (Å²) < 4.78 is 5.91. The van der Waals surface area contributed by atoms with Gasteiger partial charge in [-0.2, -0.15) is 0 Å². The molecule has 1 amide bonds. The maximum absolute atomic E-state index is 13.1. The van der Waals surface area contributed by atoms with Gasteiger partial charge in [-0.1, -0.05) is 218 Å². The van der Waals surface area contributed by atoms with Crippen LogP contribution in [0.25, 0.3) is 0 Å². The largest absolute Gasteiger partial charge is 0.462 e. The fourth-order valence-corrected chi connectivity index (χ4v) is 7.19. The van der Waals surface area contributed by atoms with Gasteiger partial charge in [-0.05, 0) is 44.9 Å². The Morgan fingerprint density at radius 2 is 0.982 bits per heavy atom. The average Bonchev–Trinajstić information content (AvgIpc) is 3.18. The van der Waals surface area contributed by atoms with Crippen LogP contribution in [-0.2, 0) is 14.3 Å². The molecule has 3 unspecified atom stereocenters. The molecule has 0 aromatic rings. The Balaban J connectivity index is 4.56. The van der Waals surface area contributed by atoms with Crippen LogP contribution in [0.4, 0.5) is 0 Å². The predicted molar refractivity (Wildman–Crippen MR) is 236 cm³/mol. The van der Waals surface area contributed by atoms with Gasteiger partial charge in [0.15, 0.2) is 0 Å². The first-order chi connectivity index (χ1) is 27.0. The molecule has 0 aromatic heterocycles. The molecule has 0 radical (unpaired) electrons. The molecular formula is C49H91NO5. The highest BCUT2D eigenvalue weighted by Crippen LogP contribution is 2.18. The van der Waals surface area contributed by atoms with Crippen molar-refractivity contribution in [1.82, 2.24) is 5.32 Å². The molecule has 3 N–H and O–H groups in total. The van der Waals surface area contributed by atoms with E-state index in [0.717, 1.165) is 64.2 Å². The molecule has 0 spiro atoms. The highest BCUT2D eigenvalue weighted by Gasteiger charge is 2.24. The summed E-state index contributed by atoms with van der Waals surface area (Å²) in [4.78, 5) is 26.0. The standard InChI is InChI=1S/C49H91NO5/c1-4-7-10-13-16-19-22-23-24-25-27-30-33-36-39-42-49(54)55-45(40-37-34-31-28-26-20-17-14-11-8-5-2)43-48(53)50-46(44-51)47(52)41-38-35-32-29-21-18-15-12-9-6-3/h7,10,13,16,19,22,45-47,51-52H,4-6,8-9,11-12,14-15,17-18,20-21,23-44H2,1-3H3,(H,50,53)/b10-7+,16-13+,22-19+. The summed E-state index contributed by atoms with van der Waals surface area (Å²) in [5.41, 5.74) is 0. The third-order valence-corrected chi connectivity index (χ3v) is 10.8. The quantitative estimate of drug-likeness (QED) is 0.0326. The Morgan fingerprint density at radius 3 is 1.47 bits per heavy atom. The van der Waals surface area contributed by atoms with Crippen molar-refractivity contribution in [3.63, 3.8) is 0 Å². The van der Waals surface area contributed by atoms with E-state index in [1.807, 2.05) is 0 Å². The molecule has 0 heterocycles. The second kappa shape index (κ2) is 43.2. The summed E-state index contributed by atoms with van der Waals surface area (Å²) in [5, 5.41) is 23.6. The topological polar surface area (TPSA) is 95.9 Å². The number of amides is 1. The van der Waals surface area contributed by atoms with Gasteiger partial charge in [0.05, 0.1) is 25.2 Å². The number of rotatable bonds is 42. The molecule has 3 atom stereocenters. The summed E-state index contributed by atoms with van der Waals surface area (Å²) in [5.74, 6) is -0.482. The lowest BCUT2D eigenvalue weighted by atomic mass is 10.0. The second-order valence-electron chi connectivity index (χ2n) is 16.2. The van der Waals surface area contributed by atoms with E-state index in [0.29, 0.717) is 19.3 Å². The first kappa shape index (κ1) is 53.1. The number of esters is 1. The molecule has 0 saturated carbocycles. The molecule has 322 valence electrons. The maximum atomic E-state index is 13.1. The third kappa shape index (κ3) is 38.7. The maximum Gasteiger partial charge on any atom is 0.306 e. The van der Waals surface area contributed by atoms with E-state index in [-0.39, 0.29) is 24.9 Å². The number of aliphatic hydroxyl groups is 2. The normalized spacial score (nSPS) is 13.6. The molecular weight excluding hydrogens is 683 g/mol. The lowest BCUT2D eigenvalue weighted by Gasteiger charge is -2.24. The van der Waals surface area contributed by atoms with Gasteiger partial charge in [-0.3, -0.25) is 9.59 Å². The molecule has 0 aromatic carbocycles. The van der Waals surface area contributed by atoms with Gasteiger partial charge < -0.3 is 20.3 Å². The first-order valence-electron chi connectivity index (χ1n) is 23.7. The Kier molecular flexibility index (Phi) is 41.7. The summed E-state index contributed by atoms with van der Waals surface area (Å²) >= 11 is 0. The number of ether oxygens (including phenoxy) is 1. The van der Waals surface area contributed by atoms with Crippen molar-refractivity contribution in [1.29, 1.82) is 0 Å². The Bertz CT molecular complexity index is 915. The van der Waals surface area contributed by atoms with Crippen molar-refractivity contribution in [3.05, 3.63) is 36.5 Å². The number of hydrogen-bond acceptors (Lipinski definition) is 5. The van der Waals surface area contributed by atoms with E-state index in [9.17, 15) is 19.8 Å². The van der Waals surface area contributed by atoms with Crippen LogP contribution in [0.1, 0.15) is 239 Å². The van der Waals surface area contributed by atoms with Crippen LogP contribution >= 0.6 is 0 Å². The first-order valence-corrected chi connectivity index (χ1v) is 23.7. The monoisotopic (exact) mass is 774 g/mol. The lowest BCUT2D eigenvalue weighted by molar-refractivity contribution is -0.151. The van der Waals surface area contributed by atoms with Crippen LogP contribution in [0.5, 0.6) is 0 Å². The predicted octanol–water partition coefficient (Wildman–Crippen LogP) is 13.7. The van der Waals surface area contributed by atoms with Gasteiger partial charge in [-0.15, -0.1) is 0 Å². The zero-order valence-electron chi connectivity index (χ0n) is 36.6. The lowest BCUT2D eigenvalue weighted by Crippen LogP contribution is -2.46. The van der Waals surface area contributed by atoms with Crippen LogP contribution < -0.4 is 5.32 Å². The summed E-state index contributed by atoms with van der Waals surface area (Å²) in [6.45, 7) is 6.33. The molecule has 6 nitrogen and oxygen atoms in total. The second-order valence-corrected chi connectivity index (χ2v) is 16.2. The third-order valence-electron chi connectivity index (χ3n) is 10.8. The number of allylic oxidation sites excluding steroid dienone is 6. The van der Waals surface area contributed by atoms with Crippen molar-refractivity contribution in [2.24, 2.45) is 0 Å². The number of aliphatic hydroxyl groups excluding tert-OH is 2. The van der Waals surface area contributed by atoms with E-state index in [4.69, 9.17) is 4.74 Å². The van der Waals surface area contributed by atoms with E-state index in [1.165, 1.54) is 128 Å². The smallest absolute Gasteiger partial charge is 0.306 e.